The number of ether oxygens (including phenoxy) is 1. The van der Waals surface area contributed by atoms with E-state index < -0.39 is 6.10 Å². The Labute approximate surface area is 155 Å². The summed E-state index contributed by atoms with van der Waals surface area (Å²) < 4.78 is 5.65. The van der Waals surface area contributed by atoms with Gasteiger partial charge in [-0.25, -0.2) is 0 Å². The van der Waals surface area contributed by atoms with E-state index in [2.05, 4.69) is 10.3 Å². The van der Waals surface area contributed by atoms with Crippen molar-refractivity contribution in [2.75, 3.05) is 5.32 Å². The Morgan fingerprint density at radius 2 is 1.96 bits per heavy atom. The summed E-state index contributed by atoms with van der Waals surface area (Å²) in [6.07, 6.45) is -0.737. The molecule has 1 aromatic heterocycles. The maximum absolute atomic E-state index is 12.5. The molecule has 0 bridgehead atoms. The third-order valence-corrected chi connectivity index (χ3v) is 4.21. The quantitative estimate of drug-likeness (QED) is 0.677. The van der Waals surface area contributed by atoms with Crippen molar-refractivity contribution in [3.05, 3.63) is 64.3 Å². The number of pyridine rings is 1. The molecule has 3 rings (SSSR count). The fourth-order valence-electron chi connectivity index (χ4n) is 2.39. The predicted octanol–water partition coefficient (Wildman–Crippen LogP) is 5.26. The van der Waals surface area contributed by atoms with Crippen LogP contribution in [0, 0.1) is 6.92 Å². The van der Waals surface area contributed by atoms with Crippen LogP contribution in [0.25, 0.3) is 10.9 Å². The van der Waals surface area contributed by atoms with E-state index in [9.17, 15) is 4.79 Å². The highest BCUT2D eigenvalue weighted by atomic mass is 35.5. The van der Waals surface area contributed by atoms with Gasteiger partial charge in [-0.2, -0.15) is 0 Å². The lowest BCUT2D eigenvalue weighted by molar-refractivity contribution is -0.122. The van der Waals surface area contributed by atoms with Crippen LogP contribution in [0.4, 0.5) is 5.69 Å². The smallest absolute Gasteiger partial charge is 0.265 e. The van der Waals surface area contributed by atoms with Gasteiger partial charge in [-0.1, -0.05) is 41.4 Å². The van der Waals surface area contributed by atoms with Crippen LogP contribution >= 0.6 is 23.2 Å². The molecule has 1 N–H and O–H groups in total. The largest absolute Gasteiger partial charge is 0.479 e. The highest BCUT2D eigenvalue weighted by Gasteiger charge is 2.17. The summed E-state index contributed by atoms with van der Waals surface area (Å²) in [6, 6.07) is 14.4. The Balaban J connectivity index is 1.79. The summed E-state index contributed by atoms with van der Waals surface area (Å²) in [5.41, 5.74) is 2.27. The van der Waals surface area contributed by atoms with Crippen LogP contribution in [0.15, 0.2) is 48.5 Å². The molecule has 0 aliphatic heterocycles. The van der Waals surface area contributed by atoms with Crippen molar-refractivity contribution in [2.45, 2.75) is 20.0 Å². The summed E-state index contributed by atoms with van der Waals surface area (Å²) in [5.74, 6) is 0.113. The highest BCUT2D eigenvalue weighted by Crippen LogP contribution is 2.28. The number of nitrogens with zero attached hydrogens (tertiary/aromatic N) is 1. The van der Waals surface area contributed by atoms with Crippen molar-refractivity contribution >= 4 is 45.7 Å². The fourth-order valence-corrected chi connectivity index (χ4v) is 2.85. The van der Waals surface area contributed by atoms with Crippen LogP contribution in [0.5, 0.6) is 5.75 Å². The Bertz CT molecular complexity index is 944. The van der Waals surface area contributed by atoms with Gasteiger partial charge in [0.05, 0.1) is 16.2 Å². The standard InChI is InChI=1S/C19H16Cl2N2O2/c1-11-6-7-13-4-3-5-16(18(13)22-11)23-19(24)12(2)25-17-9-8-14(20)10-15(17)21/h3-10,12H,1-2H3,(H,23,24)/t12-/m0/s1. The van der Waals surface area contributed by atoms with Crippen molar-refractivity contribution < 1.29 is 9.53 Å². The second kappa shape index (κ2) is 7.30. The third kappa shape index (κ3) is 4.03. The van der Waals surface area contributed by atoms with E-state index >= 15 is 0 Å². The van der Waals surface area contributed by atoms with E-state index in [4.69, 9.17) is 27.9 Å². The molecule has 0 aliphatic carbocycles. The van der Waals surface area contributed by atoms with Crippen LogP contribution < -0.4 is 10.1 Å². The topological polar surface area (TPSA) is 51.2 Å². The normalized spacial score (nSPS) is 12.0. The molecule has 6 heteroatoms. The van der Waals surface area contributed by atoms with Crippen molar-refractivity contribution in [3.63, 3.8) is 0 Å². The van der Waals surface area contributed by atoms with Crippen molar-refractivity contribution in [1.82, 2.24) is 4.98 Å². The minimum absolute atomic E-state index is 0.290. The predicted molar refractivity (Wildman–Crippen MR) is 102 cm³/mol. The average molecular weight is 375 g/mol. The number of aromatic nitrogens is 1. The molecule has 4 nitrogen and oxygen atoms in total. The lowest BCUT2D eigenvalue weighted by Crippen LogP contribution is -2.30. The zero-order chi connectivity index (χ0) is 18.0. The Morgan fingerprint density at radius 1 is 1.16 bits per heavy atom. The Hall–Kier alpha value is -2.30. The van der Waals surface area contributed by atoms with Gasteiger partial charge in [-0.3, -0.25) is 9.78 Å². The molecule has 25 heavy (non-hydrogen) atoms. The molecular weight excluding hydrogens is 359 g/mol. The molecule has 0 aliphatic rings. The van der Waals surface area contributed by atoms with E-state index in [0.717, 1.165) is 16.6 Å². The maximum Gasteiger partial charge on any atom is 0.265 e. The number of benzene rings is 2. The summed E-state index contributed by atoms with van der Waals surface area (Å²) in [6.45, 7) is 3.57. The van der Waals surface area contributed by atoms with E-state index in [1.54, 1.807) is 25.1 Å². The first kappa shape index (κ1) is 17.5. The number of rotatable bonds is 4. The van der Waals surface area contributed by atoms with Crippen LogP contribution in [-0.2, 0) is 4.79 Å². The monoisotopic (exact) mass is 374 g/mol. The second-order valence-electron chi connectivity index (χ2n) is 5.65. The number of carbonyl (C=O) groups is 1. The summed E-state index contributed by atoms with van der Waals surface area (Å²) >= 11 is 11.9. The van der Waals surface area contributed by atoms with Gasteiger partial charge in [0.1, 0.15) is 5.75 Å². The first-order chi connectivity index (χ1) is 11.9. The lowest BCUT2D eigenvalue weighted by atomic mass is 10.1. The summed E-state index contributed by atoms with van der Waals surface area (Å²) in [4.78, 5) is 17.0. The van der Waals surface area contributed by atoms with Crippen LogP contribution in [0.1, 0.15) is 12.6 Å². The lowest BCUT2D eigenvalue weighted by Gasteiger charge is -2.16. The van der Waals surface area contributed by atoms with Crippen LogP contribution in [-0.4, -0.2) is 17.0 Å². The molecular formula is C19H16Cl2N2O2. The number of para-hydroxylation sites is 1. The van der Waals surface area contributed by atoms with Gasteiger partial charge >= 0.3 is 0 Å². The van der Waals surface area contributed by atoms with Crippen molar-refractivity contribution in [3.8, 4) is 5.75 Å². The van der Waals surface area contributed by atoms with Gasteiger partial charge in [0.15, 0.2) is 6.10 Å². The van der Waals surface area contributed by atoms with E-state index in [1.165, 1.54) is 0 Å². The second-order valence-corrected chi connectivity index (χ2v) is 6.50. The molecule has 0 radical (unpaired) electrons. The van der Waals surface area contributed by atoms with E-state index in [1.807, 2.05) is 37.3 Å². The van der Waals surface area contributed by atoms with Gasteiger partial charge in [0.25, 0.3) is 5.91 Å². The van der Waals surface area contributed by atoms with Crippen molar-refractivity contribution in [1.29, 1.82) is 0 Å². The molecule has 3 aromatic rings. The minimum atomic E-state index is -0.737. The Morgan fingerprint density at radius 3 is 2.72 bits per heavy atom. The van der Waals surface area contributed by atoms with Crippen molar-refractivity contribution in [2.24, 2.45) is 0 Å². The zero-order valence-electron chi connectivity index (χ0n) is 13.7. The molecule has 2 aromatic carbocycles. The molecule has 0 saturated heterocycles. The van der Waals surface area contributed by atoms with Gasteiger partial charge in [0, 0.05) is 16.1 Å². The number of fused-ring (bicyclic) bond motifs is 1. The molecule has 0 fully saturated rings. The fraction of sp³-hybridized carbons (Fsp3) is 0.158. The number of hydrogen-bond acceptors (Lipinski definition) is 3. The molecule has 0 saturated carbocycles. The first-order valence-corrected chi connectivity index (χ1v) is 8.48. The molecule has 0 unspecified atom stereocenters. The number of nitrogens with one attached hydrogen (secondary N) is 1. The van der Waals surface area contributed by atoms with Crippen LogP contribution in [0.2, 0.25) is 10.0 Å². The molecule has 0 spiro atoms. The average Bonchev–Trinajstić information content (AvgIpc) is 2.57. The molecule has 1 amide bonds. The zero-order valence-corrected chi connectivity index (χ0v) is 15.2. The van der Waals surface area contributed by atoms with Gasteiger partial charge in [-0.15, -0.1) is 0 Å². The molecule has 128 valence electrons. The number of amides is 1. The summed E-state index contributed by atoms with van der Waals surface area (Å²) in [5, 5.41) is 4.69. The molecule has 1 atom stereocenters. The van der Waals surface area contributed by atoms with Gasteiger partial charge < -0.3 is 10.1 Å². The number of halogens is 2. The molecule has 1 heterocycles. The number of hydrogen-bond donors (Lipinski definition) is 1. The maximum atomic E-state index is 12.5. The minimum Gasteiger partial charge on any atom is -0.479 e. The first-order valence-electron chi connectivity index (χ1n) is 7.73. The number of anilines is 1. The summed E-state index contributed by atoms with van der Waals surface area (Å²) in [7, 11) is 0. The van der Waals surface area contributed by atoms with Gasteiger partial charge in [0.2, 0.25) is 0 Å². The Kier molecular flexibility index (Phi) is 5.11. The van der Waals surface area contributed by atoms with E-state index in [0.29, 0.717) is 21.5 Å². The SMILES string of the molecule is Cc1ccc2cccc(NC(=O)[C@H](C)Oc3ccc(Cl)cc3Cl)c2n1. The number of aryl methyl sites for hydroxylation is 1. The van der Waals surface area contributed by atoms with E-state index in [-0.39, 0.29) is 5.91 Å². The van der Waals surface area contributed by atoms with Crippen LogP contribution in [0.3, 0.4) is 0 Å². The highest BCUT2D eigenvalue weighted by molar-refractivity contribution is 6.35. The number of carbonyl (C=O) groups excluding carboxylic acids is 1. The van der Waals surface area contributed by atoms with Gasteiger partial charge in [-0.05, 0) is 44.2 Å². The third-order valence-electron chi connectivity index (χ3n) is 3.68.